The molecule has 0 aliphatic carbocycles. The van der Waals surface area contributed by atoms with Gasteiger partial charge in [-0.25, -0.2) is 4.98 Å². The Morgan fingerprint density at radius 1 is 1.25 bits per heavy atom. The smallest absolute Gasteiger partial charge is 0.229 e. The predicted molar refractivity (Wildman–Crippen MR) is 82.1 cm³/mol. The largest absolute Gasteiger partial charge is 0.371 e. The Morgan fingerprint density at radius 2 is 2.00 bits per heavy atom. The van der Waals surface area contributed by atoms with E-state index in [1.165, 1.54) is 17.0 Å². The molecule has 0 saturated carbocycles. The number of nitrogens with one attached hydrogen (secondary N) is 1. The van der Waals surface area contributed by atoms with E-state index in [-0.39, 0.29) is 11.8 Å². The van der Waals surface area contributed by atoms with Crippen LogP contribution in [0.15, 0.2) is 41.9 Å². The molecule has 0 radical (unpaired) electrons. The zero-order valence-corrected chi connectivity index (χ0v) is 12.0. The minimum absolute atomic E-state index is 0.0962. The highest BCUT2D eigenvalue weighted by molar-refractivity contribution is 7.13. The van der Waals surface area contributed by atoms with Gasteiger partial charge in [-0.05, 0) is 25.0 Å². The monoisotopic (exact) mass is 287 g/mol. The first-order valence-electron chi connectivity index (χ1n) is 6.83. The van der Waals surface area contributed by atoms with Gasteiger partial charge in [-0.2, -0.15) is 0 Å². The molecule has 0 bridgehead atoms. The van der Waals surface area contributed by atoms with Crippen LogP contribution in [-0.4, -0.2) is 24.0 Å². The maximum atomic E-state index is 12.1. The van der Waals surface area contributed by atoms with Gasteiger partial charge in [0.05, 0.1) is 0 Å². The SMILES string of the molecule is O=C(Nc1nccs1)C1CCN(c2ccccc2)CC1. The Morgan fingerprint density at radius 3 is 2.65 bits per heavy atom. The Bertz CT molecular complexity index is 548. The Kier molecular flexibility index (Phi) is 3.97. The van der Waals surface area contributed by atoms with Crippen LogP contribution in [0.5, 0.6) is 0 Å². The van der Waals surface area contributed by atoms with Gasteiger partial charge in [-0.1, -0.05) is 18.2 Å². The molecule has 3 rings (SSSR count). The summed E-state index contributed by atoms with van der Waals surface area (Å²) in [5.41, 5.74) is 1.24. The van der Waals surface area contributed by atoms with Crippen molar-refractivity contribution < 1.29 is 4.79 Å². The lowest BCUT2D eigenvalue weighted by molar-refractivity contribution is -0.120. The van der Waals surface area contributed by atoms with Crippen molar-refractivity contribution in [1.29, 1.82) is 0 Å². The number of thiazole rings is 1. The summed E-state index contributed by atoms with van der Waals surface area (Å²) in [6.07, 6.45) is 3.50. The summed E-state index contributed by atoms with van der Waals surface area (Å²) in [6, 6.07) is 10.4. The van der Waals surface area contributed by atoms with E-state index in [0.717, 1.165) is 25.9 Å². The van der Waals surface area contributed by atoms with Crippen LogP contribution >= 0.6 is 11.3 Å². The summed E-state index contributed by atoms with van der Waals surface area (Å²) in [5.74, 6) is 0.200. The van der Waals surface area contributed by atoms with E-state index in [4.69, 9.17) is 0 Å². The normalized spacial score (nSPS) is 16.1. The number of para-hydroxylation sites is 1. The first-order chi connectivity index (χ1) is 9.83. The Balaban J connectivity index is 1.54. The fraction of sp³-hybridized carbons (Fsp3) is 0.333. The van der Waals surface area contributed by atoms with Crippen molar-refractivity contribution in [3.05, 3.63) is 41.9 Å². The van der Waals surface area contributed by atoms with Crippen LogP contribution < -0.4 is 10.2 Å². The molecular formula is C15H17N3OS. The van der Waals surface area contributed by atoms with Crippen LogP contribution in [-0.2, 0) is 4.79 Å². The van der Waals surface area contributed by atoms with Crippen LogP contribution in [0.4, 0.5) is 10.8 Å². The molecule has 1 amide bonds. The molecule has 4 nitrogen and oxygen atoms in total. The molecule has 5 heteroatoms. The summed E-state index contributed by atoms with van der Waals surface area (Å²) in [7, 11) is 0. The van der Waals surface area contributed by atoms with Gasteiger partial charge in [0.1, 0.15) is 0 Å². The van der Waals surface area contributed by atoms with E-state index in [2.05, 4.69) is 39.5 Å². The van der Waals surface area contributed by atoms with Gasteiger partial charge in [0.15, 0.2) is 5.13 Å². The standard InChI is InChI=1S/C15H17N3OS/c19-14(17-15-16-8-11-20-15)12-6-9-18(10-7-12)13-4-2-1-3-5-13/h1-5,8,11-12H,6-7,9-10H2,(H,16,17,19). The zero-order valence-electron chi connectivity index (χ0n) is 11.2. The average molecular weight is 287 g/mol. The van der Waals surface area contributed by atoms with E-state index >= 15 is 0 Å². The van der Waals surface area contributed by atoms with E-state index in [0.29, 0.717) is 5.13 Å². The number of piperidine rings is 1. The van der Waals surface area contributed by atoms with E-state index in [9.17, 15) is 4.79 Å². The number of carbonyl (C=O) groups excluding carboxylic acids is 1. The second-order valence-corrected chi connectivity index (χ2v) is 5.82. The maximum Gasteiger partial charge on any atom is 0.229 e. The summed E-state index contributed by atoms with van der Waals surface area (Å²) in [4.78, 5) is 18.6. The number of benzene rings is 1. The Hall–Kier alpha value is -1.88. The van der Waals surface area contributed by atoms with Gasteiger partial charge in [-0.15, -0.1) is 11.3 Å². The molecule has 1 fully saturated rings. The molecule has 2 aromatic rings. The van der Waals surface area contributed by atoms with Gasteiger partial charge < -0.3 is 10.2 Å². The summed E-state index contributed by atoms with van der Waals surface area (Å²) in [5, 5.41) is 5.46. The number of hydrogen-bond acceptors (Lipinski definition) is 4. The Labute approximate surface area is 122 Å². The summed E-state index contributed by atoms with van der Waals surface area (Å²) in [6.45, 7) is 1.86. The number of nitrogens with zero attached hydrogens (tertiary/aromatic N) is 2. The third kappa shape index (κ3) is 2.99. The van der Waals surface area contributed by atoms with Crippen LogP contribution in [0, 0.1) is 5.92 Å². The van der Waals surface area contributed by atoms with Crippen molar-refractivity contribution >= 4 is 28.1 Å². The summed E-state index contributed by atoms with van der Waals surface area (Å²) >= 11 is 1.46. The molecule has 1 aliphatic heterocycles. The number of aromatic nitrogens is 1. The molecule has 104 valence electrons. The molecule has 2 heterocycles. The highest BCUT2D eigenvalue weighted by Crippen LogP contribution is 2.24. The van der Waals surface area contributed by atoms with Crippen molar-refractivity contribution in [3.8, 4) is 0 Å². The van der Waals surface area contributed by atoms with Crippen molar-refractivity contribution in [2.45, 2.75) is 12.8 Å². The first kappa shape index (κ1) is 13.1. The minimum atomic E-state index is 0.0962. The number of amides is 1. The van der Waals surface area contributed by atoms with Gasteiger partial charge in [0.25, 0.3) is 0 Å². The lowest BCUT2D eigenvalue weighted by Crippen LogP contribution is -2.38. The topological polar surface area (TPSA) is 45.2 Å². The second kappa shape index (κ2) is 6.05. The van der Waals surface area contributed by atoms with Crippen molar-refractivity contribution in [1.82, 2.24) is 4.98 Å². The molecular weight excluding hydrogens is 270 g/mol. The number of rotatable bonds is 3. The lowest BCUT2D eigenvalue weighted by atomic mass is 9.95. The zero-order chi connectivity index (χ0) is 13.8. The van der Waals surface area contributed by atoms with Crippen LogP contribution in [0.2, 0.25) is 0 Å². The molecule has 1 aromatic heterocycles. The highest BCUT2D eigenvalue weighted by atomic mass is 32.1. The predicted octanol–water partition coefficient (Wildman–Crippen LogP) is 3.00. The molecule has 1 aliphatic rings. The fourth-order valence-corrected chi connectivity index (χ4v) is 3.06. The van der Waals surface area contributed by atoms with E-state index in [1.807, 2.05) is 11.4 Å². The second-order valence-electron chi connectivity index (χ2n) is 4.92. The molecule has 0 spiro atoms. The average Bonchev–Trinajstić information content (AvgIpc) is 3.01. The lowest BCUT2D eigenvalue weighted by Gasteiger charge is -2.32. The molecule has 0 atom stereocenters. The number of carbonyl (C=O) groups is 1. The molecule has 20 heavy (non-hydrogen) atoms. The molecule has 1 saturated heterocycles. The number of hydrogen-bond donors (Lipinski definition) is 1. The first-order valence-corrected chi connectivity index (χ1v) is 7.71. The van der Waals surface area contributed by atoms with Crippen molar-refractivity contribution in [3.63, 3.8) is 0 Å². The maximum absolute atomic E-state index is 12.1. The van der Waals surface area contributed by atoms with E-state index < -0.39 is 0 Å². The van der Waals surface area contributed by atoms with E-state index in [1.54, 1.807) is 6.20 Å². The molecule has 0 unspecified atom stereocenters. The van der Waals surface area contributed by atoms with Crippen molar-refractivity contribution in [2.24, 2.45) is 5.92 Å². The van der Waals surface area contributed by atoms with Gasteiger partial charge in [-0.3, -0.25) is 4.79 Å². The minimum Gasteiger partial charge on any atom is -0.371 e. The van der Waals surface area contributed by atoms with Crippen molar-refractivity contribution in [2.75, 3.05) is 23.3 Å². The third-order valence-corrected chi connectivity index (χ3v) is 4.34. The molecule has 1 N–H and O–H groups in total. The van der Waals surface area contributed by atoms with Gasteiger partial charge in [0.2, 0.25) is 5.91 Å². The van der Waals surface area contributed by atoms with Gasteiger partial charge >= 0.3 is 0 Å². The summed E-state index contributed by atoms with van der Waals surface area (Å²) < 4.78 is 0. The quantitative estimate of drug-likeness (QED) is 0.944. The van der Waals surface area contributed by atoms with Gasteiger partial charge in [0, 0.05) is 36.3 Å². The van der Waals surface area contributed by atoms with Crippen LogP contribution in [0.1, 0.15) is 12.8 Å². The highest BCUT2D eigenvalue weighted by Gasteiger charge is 2.25. The fourth-order valence-electron chi connectivity index (χ4n) is 2.53. The molecule has 1 aromatic carbocycles. The number of anilines is 2. The third-order valence-electron chi connectivity index (χ3n) is 3.65. The van der Waals surface area contributed by atoms with Crippen LogP contribution in [0.25, 0.3) is 0 Å². The van der Waals surface area contributed by atoms with Crippen LogP contribution in [0.3, 0.4) is 0 Å².